The molecular weight excluding hydrogens is 477 g/mol. The zero-order valence-corrected chi connectivity index (χ0v) is 21.4. The molecule has 184 valence electrons. The number of carboxylic acid groups (broad SMARTS) is 1. The van der Waals surface area contributed by atoms with Gasteiger partial charge < -0.3 is 5.11 Å². The number of pyridine rings is 1. The molecule has 0 saturated heterocycles. The lowest BCUT2D eigenvalue weighted by Gasteiger charge is -2.36. The van der Waals surface area contributed by atoms with Gasteiger partial charge in [0.05, 0.1) is 28.2 Å². The third-order valence-corrected chi connectivity index (χ3v) is 7.45. The van der Waals surface area contributed by atoms with E-state index in [0.717, 1.165) is 28.8 Å². The molecule has 4 aromatic rings. The molecule has 1 aliphatic carbocycles. The second-order valence-corrected chi connectivity index (χ2v) is 10.8. The van der Waals surface area contributed by atoms with Gasteiger partial charge in [0, 0.05) is 10.9 Å². The van der Waals surface area contributed by atoms with Gasteiger partial charge in [0.1, 0.15) is 11.0 Å². The molecule has 0 saturated carbocycles. The van der Waals surface area contributed by atoms with Gasteiger partial charge in [-0.3, -0.25) is 0 Å². The molecule has 0 fully saturated rings. The average Bonchev–Trinajstić information content (AvgIpc) is 3.10. The van der Waals surface area contributed by atoms with Crippen LogP contribution in [-0.4, -0.2) is 25.8 Å². The molecule has 7 heteroatoms. The molecule has 1 aliphatic rings. The van der Waals surface area contributed by atoms with Crippen LogP contribution in [0, 0.1) is 24.1 Å². The van der Waals surface area contributed by atoms with Crippen LogP contribution >= 0.6 is 11.6 Å². The quantitative estimate of drug-likeness (QED) is 0.317. The molecule has 0 amide bonds. The van der Waals surface area contributed by atoms with Crippen LogP contribution in [0.3, 0.4) is 0 Å². The van der Waals surface area contributed by atoms with Crippen molar-refractivity contribution in [1.82, 2.24) is 14.8 Å². The zero-order chi connectivity index (χ0) is 25.8. The number of hydrogen-bond donors (Lipinski definition) is 1. The van der Waals surface area contributed by atoms with Gasteiger partial charge in [0.2, 0.25) is 0 Å². The van der Waals surface area contributed by atoms with Crippen molar-refractivity contribution in [2.45, 2.75) is 40.5 Å². The molecule has 2 aromatic heterocycles. The van der Waals surface area contributed by atoms with E-state index in [4.69, 9.17) is 16.6 Å². The first-order valence-electron chi connectivity index (χ1n) is 11.9. The summed E-state index contributed by atoms with van der Waals surface area (Å²) in [5, 5.41) is 15.9. The van der Waals surface area contributed by atoms with E-state index in [1.165, 1.54) is 12.1 Å². The standard InChI is InChI=1S/C29H27ClFN3O2/c1-16-22(27(30)34(33-16)20-11-9-19(31)10-12-20)14-17-13-18(29(2,3)4)15-23-25(28(35)36)21-7-5-6-8-24(21)32-26(17)23/h5-12,14,18H,13,15H2,1-4H3,(H,35,36)/b17-14+. The molecule has 5 nitrogen and oxygen atoms in total. The summed E-state index contributed by atoms with van der Waals surface area (Å²) in [4.78, 5) is 17.4. The highest BCUT2D eigenvalue weighted by molar-refractivity contribution is 6.31. The zero-order valence-electron chi connectivity index (χ0n) is 20.6. The van der Waals surface area contributed by atoms with Gasteiger partial charge in [-0.05, 0) is 78.6 Å². The summed E-state index contributed by atoms with van der Waals surface area (Å²) >= 11 is 6.80. The van der Waals surface area contributed by atoms with E-state index in [2.05, 4.69) is 25.9 Å². The van der Waals surface area contributed by atoms with Crippen LogP contribution < -0.4 is 0 Å². The lowest BCUT2D eigenvalue weighted by Crippen LogP contribution is -2.28. The fourth-order valence-corrected chi connectivity index (χ4v) is 5.31. The molecule has 0 bridgehead atoms. The lowest BCUT2D eigenvalue weighted by atomic mass is 9.69. The Morgan fingerprint density at radius 1 is 1.14 bits per heavy atom. The SMILES string of the molecule is Cc1nn(-c2ccc(F)cc2)c(Cl)c1/C=C1\CC(C(C)(C)C)Cc2c1nc1ccccc1c2C(=O)O. The maximum absolute atomic E-state index is 13.4. The molecule has 1 N–H and O–H groups in total. The van der Waals surface area contributed by atoms with Crippen LogP contribution in [0.5, 0.6) is 0 Å². The molecule has 5 rings (SSSR count). The number of allylic oxidation sites excluding steroid dienone is 1. The largest absolute Gasteiger partial charge is 0.478 e. The predicted octanol–water partition coefficient (Wildman–Crippen LogP) is 7.37. The number of aryl methyl sites for hydroxylation is 1. The van der Waals surface area contributed by atoms with E-state index in [1.54, 1.807) is 16.8 Å². The van der Waals surface area contributed by atoms with Crippen LogP contribution in [-0.2, 0) is 6.42 Å². The number of para-hydroxylation sites is 1. The van der Waals surface area contributed by atoms with E-state index in [-0.39, 0.29) is 17.2 Å². The number of carbonyl (C=O) groups is 1. The summed E-state index contributed by atoms with van der Waals surface area (Å²) in [7, 11) is 0. The average molecular weight is 504 g/mol. The van der Waals surface area contributed by atoms with Crippen LogP contribution in [0.15, 0.2) is 48.5 Å². The number of nitrogens with zero attached hydrogens (tertiary/aromatic N) is 3. The van der Waals surface area contributed by atoms with Crippen molar-refractivity contribution < 1.29 is 14.3 Å². The lowest BCUT2D eigenvalue weighted by molar-refractivity contribution is 0.0696. The molecule has 36 heavy (non-hydrogen) atoms. The monoisotopic (exact) mass is 503 g/mol. The van der Waals surface area contributed by atoms with E-state index >= 15 is 0 Å². The predicted molar refractivity (Wildman–Crippen MR) is 141 cm³/mol. The number of halogens is 2. The molecule has 2 aromatic carbocycles. The van der Waals surface area contributed by atoms with E-state index < -0.39 is 5.97 Å². The fraction of sp³-hybridized carbons (Fsp3) is 0.276. The van der Waals surface area contributed by atoms with Crippen molar-refractivity contribution in [2.24, 2.45) is 11.3 Å². The molecule has 1 unspecified atom stereocenters. The van der Waals surface area contributed by atoms with E-state index in [9.17, 15) is 14.3 Å². The maximum Gasteiger partial charge on any atom is 0.336 e. The maximum atomic E-state index is 13.4. The van der Waals surface area contributed by atoms with E-state index in [1.807, 2.05) is 37.3 Å². The van der Waals surface area contributed by atoms with Crippen LogP contribution in [0.25, 0.3) is 28.2 Å². The number of benzene rings is 2. The van der Waals surface area contributed by atoms with Crippen molar-refractivity contribution in [3.05, 3.63) is 87.6 Å². The van der Waals surface area contributed by atoms with E-state index in [0.29, 0.717) is 39.4 Å². The van der Waals surface area contributed by atoms with Crippen molar-refractivity contribution in [3.8, 4) is 5.69 Å². The van der Waals surface area contributed by atoms with Crippen molar-refractivity contribution in [3.63, 3.8) is 0 Å². The number of aromatic nitrogens is 3. The molecule has 0 aliphatic heterocycles. The topological polar surface area (TPSA) is 68.0 Å². The smallest absolute Gasteiger partial charge is 0.336 e. The number of aromatic carboxylic acids is 1. The summed E-state index contributed by atoms with van der Waals surface area (Å²) in [6.07, 6.45) is 3.37. The minimum Gasteiger partial charge on any atom is -0.478 e. The van der Waals surface area contributed by atoms with Gasteiger partial charge >= 0.3 is 5.97 Å². The highest BCUT2D eigenvalue weighted by Gasteiger charge is 2.35. The molecule has 0 spiro atoms. The Morgan fingerprint density at radius 2 is 1.83 bits per heavy atom. The Hall–Kier alpha value is -3.51. The number of rotatable bonds is 3. The van der Waals surface area contributed by atoms with Crippen molar-refractivity contribution in [2.75, 3.05) is 0 Å². The second kappa shape index (κ2) is 8.86. The number of hydrogen-bond acceptors (Lipinski definition) is 3. The van der Waals surface area contributed by atoms with Crippen molar-refractivity contribution >= 4 is 40.1 Å². The summed E-state index contributed by atoms with van der Waals surface area (Å²) in [6.45, 7) is 8.42. The number of carboxylic acids is 1. The van der Waals surface area contributed by atoms with Gasteiger partial charge in [0.15, 0.2) is 0 Å². The fourth-order valence-electron chi connectivity index (χ4n) is 4.98. The summed E-state index contributed by atoms with van der Waals surface area (Å²) in [5.74, 6) is -1.07. The second-order valence-electron chi connectivity index (χ2n) is 10.5. The van der Waals surface area contributed by atoms with Crippen LogP contribution in [0.2, 0.25) is 5.15 Å². The van der Waals surface area contributed by atoms with Crippen LogP contribution in [0.1, 0.15) is 60.1 Å². The van der Waals surface area contributed by atoms with Gasteiger partial charge in [-0.25, -0.2) is 18.9 Å². The normalized spacial score (nSPS) is 16.9. The highest BCUT2D eigenvalue weighted by Crippen LogP contribution is 2.45. The summed E-state index contributed by atoms with van der Waals surface area (Å²) in [6, 6.07) is 13.4. The Kier molecular flexibility index (Phi) is 5.95. The first-order valence-corrected chi connectivity index (χ1v) is 12.3. The molecule has 2 heterocycles. The highest BCUT2D eigenvalue weighted by atomic mass is 35.5. The van der Waals surface area contributed by atoms with Gasteiger partial charge in [-0.1, -0.05) is 50.6 Å². The minimum absolute atomic E-state index is 0.0463. The Labute approximate surface area is 214 Å². The Balaban J connectivity index is 1.74. The van der Waals surface area contributed by atoms with Gasteiger partial charge in [-0.2, -0.15) is 5.10 Å². The molecule has 1 atom stereocenters. The minimum atomic E-state index is -0.947. The third-order valence-electron chi connectivity index (χ3n) is 7.09. The van der Waals surface area contributed by atoms with Crippen molar-refractivity contribution in [1.29, 1.82) is 0 Å². The van der Waals surface area contributed by atoms with Crippen LogP contribution in [0.4, 0.5) is 4.39 Å². The summed E-state index contributed by atoms with van der Waals surface area (Å²) in [5.41, 5.74) is 5.44. The molecule has 0 radical (unpaired) electrons. The third kappa shape index (κ3) is 4.20. The van der Waals surface area contributed by atoms with Gasteiger partial charge in [-0.15, -0.1) is 0 Å². The summed E-state index contributed by atoms with van der Waals surface area (Å²) < 4.78 is 15.0. The number of fused-ring (bicyclic) bond motifs is 2. The Morgan fingerprint density at radius 3 is 2.50 bits per heavy atom. The first kappa shape index (κ1) is 24.2. The molecular formula is C29H27ClFN3O2. The van der Waals surface area contributed by atoms with Gasteiger partial charge in [0.25, 0.3) is 0 Å². The Bertz CT molecular complexity index is 1530. The first-order chi connectivity index (χ1) is 17.0.